The summed E-state index contributed by atoms with van der Waals surface area (Å²) < 4.78 is 44.0. The number of alkyl halides is 2. The first-order valence-corrected chi connectivity index (χ1v) is 15.7. The van der Waals surface area contributed by atoms with Crippen LogP contribution in [-0.2, 0) is 33.4 Å². The van der Waals surface area contributed by atoms with Crippen molar-refractivity contribution in [3.8, 4) is 0 Å². The van der Waals surface area contributed by atoms with Gasteiger partial charge >= 0.3 is 5.97 Å². The van der Waals surface area contributed by atoms with Crippen LogP contribution >= 0.6 is 0 Å². The molecule has 3 amide bonds. The number of pyridine rings is 1. The molecule has 0 aliphatic carbocycles. The number of hydrogen-bond donors (Lipinski definition) is 4. The van der Waals surface area contributed by atoms with Crippen molar-refractivity contribution in [2.45, 2.75) is 70.6 Å². The van der Waals surface area contributed by atoms with Crippen molar-refractivity contribution < 1.29 is 42.2 Å². The molecule has 47 heavy (non-hydrogen) atoms. The highest BCUT2D eigenvalue weighted by Crippen LogP contribution is 2.35. The molecule has 1 saturated heterocycles. The maximum absolute atomic E-state index is 13.8. The number of nitrogens with two attached hydrogens (primary N) is 1. The number of fused-ring (bicyclic) bond motifs is 2. The number of rotatable bonds is 3. The smallest absolute Gasteiger partial charge is 0.321 e. The van der Waals surface area contributed by atoms with Crippen molar-refractivity contribution in [3.05, 3.63) is 47.7 Å². The van der Waals surface area contributed by atoms with Crippen molar-refractivity contribution >= 4 is 40.7 Å². The molecule has 3 heterocycles. The summed E-state index contributed by atoms with van der Waals surface area (Å²) in [6.45, 7) is 3.27. The van der Waals surface area contributed by atoms with Gasteiger partial charge < -0.3 is 35.9 Å². The van der Waals surface area contributed by atoms with Crippen molar-refractivity contribution in [2.75, 3.05) is 33.1 Å². The van der Waals surface area contributed by atoms with Crippen LogP contribution < -0.4 is 21.7 Å². The first kappa shape index (κ1) is 35.8. The Bertz CT molecular complexity index is 1490. The summed E-state index contributed by atoms with van der Waals surface area (Å²) in [4.78, 5) is 57.3. The lowest BCUT2D eigenvalue weighted by Gasteiger charge is -2.41. The predicted octanol–water partition coefficient (Wildman–Crippen LogP) is 2.40. The molecular formula is C33H43F2N5O7. The SMILES string of the molecule is CC(C)[C@@H]1OC(=O)C2(/C=C/c3ccc4ccc(nc4c3)[C@@H](C)NC(=O)[C@@H](N)CCCNC(=O)[C@H](C)NC1=O)COC(CF)(CF)OC2. The fourth-order valence-corrected chi connectivity index (χ4v) is 5.12. The lowest BCUT2D eigenvalue weighted by atomic mass is 9.87. The lowest BCUT2D eigenvalue weighted by molar-refractivity contribution is -0.305. The number of esters is 1. The molecule has 14 heteroatoms. The van der Waals surface area contributed by atoms with Crippen molar-refractivity contribution in [1.82, 2.24) is 20.9 Å². The summed E-state index contributed by atoms with van der Waals surface area (Å²) in [6.07, 6.45) is 2.46. The van der Waals surface area contributed by atoms with Crippen LogP contribution in [0.5, 0.6) is 0 Å². The molecule has 2 aliphatic rings. The summed E-state index contributed by atoms with van der Waals surface area (Å²) in [5.74, 6) is -5.14. The van der Waals surface area contributed by atoms with E-state index in [9.17, 15) is 28.0 Å². The molecule has 2 aliphatic heterocycles. The number of aromatic nitrogens is 1. The molecule has 1 spiro atoms. The molecule has 4 rings (SSSR count). The Balaban J connectivity index is 1.72. The van der Waals surface area contributed by atoms with E-state index >= 15 is 0 Å². The summed E-state index contributed by atoms with van der Waals surface area (Å²) in [5, 5.41) is 8.98. The van der Waals surface area contributed by atoms with E-state index in [1.165, 1.54) is 13.0 Å². The number of amides is 3. The maximum atomic E-state index is 13.8. The molecule has 12 nitrogen and oxygen atoms in total. The van der Waals surface area contributed by atoms with Crippen molar-refractivity contribution in [2.24, 2.45) is 17.1 Å². The second-order valence-electron chi connectivity index (χ2n) is 12.5. The minimum absolute atomic E-state index is 0.209. The van der Waals surface area contributed by atoms with Crippen LogP contribution in [0.1, 0.15) is 57.8 Å². The minimum Gasteiger partial charge on any atom is -0.451 e. The zero-order chi connectivity index (χ0) is 34.4. The third-order valence-corrected chi connectivity index (χ3v) is 8.31. The molecule has 0 saturated carbocycles. The fourth-order valence-electron chi connectivity index (χ4n) is 5.12. The number of cyclic esters (lactones) is 1. The Morgan fingerprint density at radius 2 is 1.62 bits per heavy atom. The average molecular weight is 660 g/mol. The van der Waals surface area contributed by atoms with E-state index in [-0.39, 0.29) is 12.5 Å². The predicted molar refractivity (Wildman–Crippen MR) is 169 cm³/mol. The molecule has 2 aromatic rings. The summed E-state index contributed by atoms with van der Waals surface area (Å²) in [5.41, 5.74) is 6.25. The van der Waals surface area contributed by atoms with Gasteiger partial charge in [0.25, 0.3) is 5.91 Å². The zero-order valence-corrected chi connectivity index (χ0v) is 27.0. The fraction of sp³-hybridized carbons (Fsp3) is 0.545. The van der Waals surface area contributed by atoms with Crippen LogP contribution in [0.4, 0.5) is 8.78 Å². The standard InChI is InChI=1S/C33H43F2N5O7/c1-19(2)27-30(43)39-21(4)28(41)37-13-5-6-24(36)29(42)38-20(3)25-10-9-23-8-7-22(14-26(23)40-25)11-12-32(31(44)47-27)17-45-33(15-34,16-35)46-18-32/h7-12,14,19-21,24,27H,5-6,13,15-18,36H2,1-4H3,(H,37,41)(H,38,42)(H,39,43)/b12-11+/t20-,21+,24+,27+/m1/s1. The second kappa shape index (κ2) is 15.3. The summed E-state index contributed by atoms with van der Waals surface area (Å²) in [6, 6.07) is 6.81. The second-order valence-corrected chi connectivity index (χ2v) is 12.5. The molecule has 4 atom stereocenters. The third kappa shape index (κ3) is 8.48. The van der Waals surface area contributed by atoms with Gasteiger partial charge in [-0.2, -0.15) is 0 Å². The third-order valence-electron chi connectivity index (χ3n) is 8.31. The number of nitrogens with zero attached hydrogens (tertiary/aromatic N) is 1. The Labute approximate surface area is 272 Å². The highest BCUT2D eigenvalue weighted by atomic mass is 19.1. The van der Waals surface area contributed by atoms with Crippen LogP contribution in [0, 0.1) is 11.3 Å². The Hall–Kier alpha value is -4.01. The van der Waals surface area contributed by atoms with E-state index < -0.39 is 85.7 Å². The van der Waals surface area contributed by atoms with Crippen LogP contribution in [0.2, 0.25) is 0 Å². The lowest BCUT2D eigenvalue weighted by Crippen LogP contribution is -2.56. The van der Waals surface area contributed by atoms with E-state index in [1.54, 1.807) is 45.0 Å². The van der Waals surface area contributed by atoms with Crippen LogP contribution in [0.25, 0.3) is 17.0 Å². The van der Waals surface area contributed by atoms with Gasteiger partial charge in [-0.15, -0.1) is 0 Å². The zero-order valence-electron chi connectivity index (χ0n) is 27.0. The number of halogens is 2. The largest absolute Gasteiger partial charge is 0.451 e. The van der Waals surface area contributed by atoms with Gasteiger partial charge in [-0.25, -0.2) is 8.78 Å². The van der Waals surface area contributed by atoms with Gasteiger partial charge in [-0.05, 0) is 50.3 Å². The maximum Gasteiger partial charge on any atom is 0.321 e. The molecule has 1 fully saturated rings. The van der Waals surface area contributed by atoms with Gasteiger partial charge in [-0.1, -0.05) is 44.2 Å². The normalized spacial score (nSPS) is 26.9. The number of benzene rings is 1. The molecule has 256 valence electrons. The van der Waals surface area contributed by atoms with Crippen molar-refractivity contribution in [1.29, 1.82) is 0 Å². The molecule has 5 N–H and O–H groups in total. The van der Waals surface area contributed by atoms with Crippen LogP contribution in [0.15, 0.2) is 36.4 Å². The van der Waals surface area contributed by atoms with Gasteiger partial charge in [0.15, 0.2) is 6.10 Å². The van der Waals surface area contributed by atoms with Crippen molar-refractivity contribution in [3.63, 3.8) is 0 Å². The van der Waals surface area contributed by atoms with E-state index in [0.717, 1.165) is 5.39 Å². The quantitative estimate of drug-likeness (QED) is 0.361. The number of hydrogen-bond acceptors (Lipinski definition) is 9. The molecular weight excluding hydrogens is 616 g/mol. The molecule has 1 aromatic carbocycles. The first-order chi connectivity index (χ1) is 22.3. The minimum atomic E-state index is -2.16. The summed E-state index contributed by atoms with van der Waals surface area (Å²) >= 11 is 0. The van der Waals surface area contributed by atoms with Gasteiger partial charge in [0.2, 0.25) is 17.6 Å². The van der Waals surface area contributed by atoms with Gasteiger partial charge in [0.1, 0.15) is 24.8 Å². The molecule has 0 radical (unpaired) electrons. The summed E-state index contributed by atoms with van der Waals surface area (Å²) in [7, 11) is 0. The van der Waals surface area contributed by atoms with E-state index in [0.29, 0.717) is 29.6 Å². The van der Waals surface area contributed by atoms with Gasteiger partial charge in [0.05, 0.1) is 36.5 Å². The van der Waals surface area contributed by atoms with Crippen LogP contribution in [-0.4, -0.2) is 85.8 Å². The van der Waals surface area contributed by atoms with E-state index in [2.05, 4.69) is 16.0 Å². The number of ether oxygens (including phenoxy) is 3. The monoisotopic (exact) mass is 659 g/mol. The topological polar surface area (TPSA) is 171 Å². The number of carbonyl (C=O) groups excluding carboxylic acids is 4. The van der Waals surface area contributed by atoms with Crippen LogP contribution in [0.3, 0.4) is 0 Å². The number of carbonyl (C=O) groups is 4. The number of nitrogens with one attached hydrogen (secondary N) is 3. The first-order valence-electron chi connectivity index (χ1n) is 15.7. The Morgan fingerprint density at radius 3 is 2.28 bits per heavy atom. The average Bonchev–Trinajstić information content (AvgIpc) is 3.06. The molecule has 1 aromatic heterocycles. The highest BCUT2D eigenvalue weighted by Gasteiger charge is 2.50. The van der Waals surface area contributed by atoms with E-state index in [1.807, 2.05) is 12.1 Å². The Kier molecular flexibility index (Phi) is 11.6. The van der Waals surface area contributed by atoms with Gasteiger partial charge in [0, 0.05) is 11.9 Å². The van der Waals surface area contributed by atoms with Gasteiger partial charge in [-0.3, -0.25) is 24.2 Å². The van der Waals surface area contributed by atoms with E-state index in [4.69, 9.17) is 24.9 Å². The highest BCUT2D eigenvalue weighted by molar-refractivity contribution is 5.91. The molecule has 0 unspecified atom stereocenters. The Morgan fingerprint density at radius 1 is 0.957 bits per heavy atom. The molecule has 3 bridgehead atoms.